The molecule has 0 N–H and O–H groups in total. The van der Waals surface area contributed by atoms with Gasteiger partial charge in [0.1, 0.15) is 0 Å². The maximum atomic E-state index is 2.50. The number of rotatable bonds is 2. The summed E-state index contributed by atoms with van der Waals surface area (Å²) in [6, 6.07) is 13.5. The first-order chi connectivity index (χ1) is 9.19. The van der Waals surface area contributed by atoms with E-state index in [0.717, 1.165) is 19.5 Å². The van der Waals surface area contributed by atoms with Crippen molar-refractivity contribution in [2.75, 3.05) is 4.90 Å². The molecule has 0 saturated carbocycles. The Morgan fingerprint density at radius 1 is 0.947 bits per heavy atom. The summed E-state index contributed by atoms with van der Waals surface area (Å²) in [5.74, 6) is 0. The maximum absolute atomic E-state index is 2.50. The van der Waals surface area contributed by atoms with E-state index < -0.39 is 0 Å². The fourth-order valence-corrected chi connectivity index (χ4v) is 2.99. The van der Waals surface area contributed by atoms with Crippen LogP contribution in [-0.4, -0.2) is 0 Å². The number of para-hydroxylation sites is 1. The second-order valence-corrected chi connectivity index (χ2v) is 5.54. The van der Waals surface area contributed by atoms with Gasteiger partial charge in [0.15, 0.2) is 0 Å². The van der Waals surface area contributed by atoms with Gasteiger partial charge in [-0.15, -0.1) is 0 Å². The quantitative estimate of drug-likeness (QED) is 0.765. The van der Waals surface area contributed by atoms with Gasteiger partial charge in [-0.2, -0.15) is 0 Å². The molecule has 2 aromatic rings. The van der Waals surface area contributed by atoms with Crippen LogP contribution in [0.1, 0.15) is 34.7 Å². The van der Waals surface area contributed by atoms with Crippen molar-refractivity contribution in [3.8, 4) is 0 Å². The van der Waals surface area contributed by atoms with Crippen molar-refractivity contribution in [3.05, 3.63) is 64.2 Å². The van der Waals surface area contributed by atoms with E-state index in [4.69, 9.17) is 0 Å². The van der Waals surface area contributed by atoms with Gasteiger partial charge < -0.3 is 4.90 Å². The monoisotopic (exact) mass is 251 g/mol. The molecule has 1 aliphatic heterocycles. The number of hydrogen-bond donors (Lipinski definition) is 0. The highest BCUT2D eigenvalue weighted by atomic mass is 15.1. The zero-order chi connectivity index (χ0) is 13.4. The van der Waals surface area contributed by atoms with E-state index in [9.17, 15) is 0 Å². The van der Waals surface area contributed by atoms with Crippen LogP contribution in [0.2, 0.25) is 0 Å². The Kier molecular flexibility index (Phi) is 3.06. The Morgan fingerprint density at radius 2 is 1.53 bits per heavy atom. The predicted octanol–water partition coefficient (Wildman–Crippen LogP) is 4.39. The molecule has 1 nitrogen and oxygen atoms in total. The molecular weight excluding hydrogens is 230 g/mol. The third-order valence-electron chi connectivity index (χ3n) is 4.25. The molecule has 0 atom stereocenters. The zero-order valence-electron chi connectivity index (χ0n) is 12.0. The van der Waals surface area contributed by atoms with E-state index in [2.05, 4.69) is 62.1 Å². The summed E-state index contributed by atoms with van der Waals surface area (Å²) < 4.78 is 0. The second kappa shape index (κ2) is 4.73. The van der Waals surface area contributed by atoms with Gasteiger partial charge in [-0.1, -0.05) is 37.3 Å². The number of fused-ring (bicyclic) bond motifs is 1. The molecule has 0 aromatic heterocycles. The average molecular weight is 251 g/mol. The summed E-state index contributed by atoms with van der Waals surface area (Å²) in [5, 5.41) is 0. The molecule has 0 bridgehead atoms. The molecule has 0 spiro atoms. The average Bonchev–Trinajstić information content (AvgIpc) is 2.82. The van der Waals surface area contributed by atoms with E-state index in [1.54, 1.807) is 0 Å². The Balaban J connectivity index is 1.95. The van der Waals surface area contributed by atoms with Gasteiger partial charge in [0.05, 0.1) is 0 Å². The fraction of sp³-hybridized carbons (Fsp3) is 0.333. The number of benzene rings is 2. The predicted molar refractivity (Wildman–Crippen MR) is 81.6 cm³/mol. The summed E-state index contributed by atoms with van der Waals surface area (Å²) in [5.41, 5.74) is 8.65. The minimum absolute atomic E-state index is 1.05. The largest absolute Gasteiger partial charge is 0.363 e. The molecule has 0 saturated heterocycles. The van der Waals surface area contributed by atoms with Crippen LogP contribution in [0.25, 0.3) is 0 Å². The Morgan fingerprint density at radius 3 is 2.11 bits per heavy atom. The minimum Gasteiger partial charge on any atom is -0.363 e. The van der Waals surface area contributed by atoms with Gasteiger partial charge in [0.2, 0.25) is 0 Å². The lowest BCUT2D eigenvalue weighted by atomic mass is 10.0. The molecule has 0 aliphatic carbocycles. The van der Waals surface area contributed by atoms with E-state index in [1.807, 2.05) is 0 Å². The van der Waals surface area contributed by atoms with Gasteiger partial charge in [-0.25, -0.2) is 0 Å². The van der Waals surface area contributed by atoms with E-state index in [0.29, 0.717) is 0 Å². The van der Waals surface area contributed by atoms with Gasteiger partial charge >= 0.3 is 0 Å². The highest BCUT2D eigenvalue weighted by Crippen LogP contribution is 2.32. The number of anilines is 1. The van der Waals surface area contributed by atoms with Crippen LogP contribution in [-0.2, 0) is 19.5 Å². The van der Waals surface area contributed by atoms with Gasteiger partial charge in [-0.05, 0) is 54.2 Å². The van der Waals surface area contributed by atoms with Crippen LogP contribution in [0.5, 0.6) is 0 Å². The molecule has 0 radical (unpaired) electrons. The lowest BCUT2D eigenvalue weighted by Gasteiger charge is -2.20. The topological polar surface area (TPSA) is 3.24 Å². The smallest absolute Gasteiger partial charge is 0.0436 e. The molecule has 98 valence electrons. The Bertz CT molecular complexity index is 582. The van der Waals surface area contributed by atoms with Gasteiger partial charge in [0.25, 0.3) is 0 Å². The Labute approximate surface area is 115 Å². The number of nitrogens with zero attached hydrogens (tertiary/aromatic N) is 1. The van der Waals surface area contributed by atoms with Crippen LogP contribution in [0.3, 0.4) is 0 Å². The number of aryl methyl sites for hydroxylation is 3. The molecule has 19 heavy (non-hydrogen) atoms. The van der Waals surface area contributed by atoms with E-state index >= 15 is 0 Å². The highest BCUT2D eigenvalue weighted by molar-refractivity contribution is 5.57. The first-order valence-corrected chi connectivity index (χ1v) is 7.11. The summed E-state index contributed by atoms with van der Waals surface area (Å²) in [7, 11) is 0. The molecule has 0 unspecified atom stereocenters. The molecule has 3 rings (SSSR count). The lowest BCUT2D eigenvalue weighted by Crippen LogP contribution is -2.16. The normalized spacial score (nSPS) is 13.7. The van der Waals surface area contributed by atoms with Crippen LogP contribution in [0, 0.1) is 13.8 Å². The standard InChI is InChI=1S/C18H21N/c1-4-15-7-5-6-8-18(15)19-11-16-9-13(2)14(3)10-17(16)12-19/h5-10H,4,11-12H2,1-3H3. The van der Waals surface area contributed by atoms with Crippen LogP contribution in [0.15, 0.2) is 36.4 Å². The maximum Gasteiger partial charge on any atom is 0.0436 e. The molecule has 1 heterocycles. The van der Waals surface area contributed by atoms with Crippen molar-refractivity contribution in [2.24, 2.45) is 0 Å². The molecule has 2 aromatic carbocycles. The van der Waals surface area contributed by atoms with Crippen molar-refractivity contribution >= 4 is 5.69 Å². The van der Waals surface area contributed by atoms with Gasteiger partial charge in [0, 0.05) is 18.8 Å². The van der Waals surface area contributed by atoms with Gasteiger partial charge in [-0.3, -0.25) is 0 Å². The van der Waals surface area contributed by atoms with Crippen LogP contribution in [0.4, 0.5) is 5.69 Å². The molecule has 1 aliphatic rings. The van der Waals surface area contributed by atoms with E-state index in [1.165, 1.54) is 33.5 Å². The first-order valence-electron chi connectivity index (χ1n) is 7.11. The van der Waals surface area contributed by atoms with Crippen molar-refractivity contribution in [1.29, 1.82) is 0 Å². The Hall–Kier alpha value is -1.76. The van der Waals surface area contributed by atoms with Crippen molar-refractivity contribution < 1.29 is 0 Å². The zero-order valence-corrected chi connectivity index (χ0v) is 12.0. The number of hydrogen-bond acceptors (Lipinski definition) is 1. The van der Waals surface area contributed by atoms with E-state index in [-0.39, 0.29) is 0 Å². The second-order valence-electron chi connectivity index (χ2n) is 5.54. The third-order valence-corrected chi connectivity index (χ3v) is 4.25. The third kappa shape index (κ3) is 2.14. The first kappa shape index (κ1) is 12.3. The highest BCUT2D eigenvalue weighted by Gasteiger charge is 2.21. The molecule has 0 amide bonds. The summed E-state index contributed by atoms with van der Waals surface area (Å²) >= 11 is 0. The summed E-state index contributed by atoms with van der Waals surface area (Å²) in [6.45, 7) is 8.74. The SMILES string of the molecule is CCc1ccccc1N1Cc2cc(C)c(C)cc2C1. The molecular formula is C18H21N. The minimum atomic E-state index is 1.05. The van der Waals surface area contributed by atoms with Crippen LogP contribution >= 0.6 is 0 Å². The summed E-state index contributed by atoms with van der Waals surface area (Å²) in [4.78, 5) is 2.50. The molecule has 0 fully saturated rings. The van der Waals surface area contributed by atoms with Crippen LogP contribution < -0.4 is 4.90 Å². The van der Waals surface area contributed by atoms with Crippen molar-refractivity contribution in [2.45, 2.75) is 40.3 Å². The lowest BCUT2D eigenvalue weighted by molar-refractivity contribution is 0.868. The molecule has 1 heteroatoms. The summed E-state index contributed by atoms with van der Waals surface area (Å²) in [6.07, 6.45) is 1.10. The van der Waals surface area contributed by atoms with Crippen molar-refractivity contribution in [1.82, 2.24) is 0 Å². The van der Waals surface area contributed by atoms with Crippen molar-refractivity contribution in [3.63, 3.8) is 0 Å². The fourth-order valence-electron chi connectivity index (χ4n) is 2.99.